The zero-order valence-electron chi connectivity index (χ0n) is 14.1. The van der Waals surface area contributed by atoms with Gasteiger partial charge in [0.1, 0.15) is 0 Å². The molecule has 1 fully saturated rings. The molecule has 20 heavy (non-hydrogen) atoms. The average molecular weight is 277 g/mol. The Morgan fingerprint density at radius 3 is 2.40 bits per heavy atom. The Morgan fingerprint density at radius 1 is 1.20 bits per heavy atom. The van der Waals surface area contributed by atoms with E-state index in [4.69, 9.17) is 0 Å². The lowest BCUT2D eigenvalue weighted by Crippen LogP contribution is -2.44. The molecule has 1 N–H and O–H groups in total. The van der Waals surface area contributed by atoms with Gasteiger partial charge in [-0.2, -0.15) is 5.10 Å². The third-order valence-corrected chi connectivity index (χ3v) is 5.08. The van der Waals surface area contributed by atoms with Crippen molar-refractivity contribution in [3.8, 4) is 0 Å². The number of hydrogen-bond donors (Lipinski definition) is 1. The van der Waals surface area contributed by atoms with Crippen LogP contribution in [0.5, 0.6) is 0 Å². The van der Waals surface area contributed by atoms with Crippen LogP contribution in [0.25, 0.3) is 0 Å². The van der Waals surface area contributed by atoms with Gasteiger partial charge in [0.2, 0.25) is 0 Å². The van der Waals surface area contributed by atoms with Gasteiger partial charge in [-0.15, -0.1) is 0 Å². The number of aryl methyl sites for hydroxylation is 2. The van der Waals surface area contributed by atoms with Gasteiger partial charge in [0.25, 0.3) is 0 Å². The predicted octanol–water partition coefficient (Wildman–Crippen LogP) is 3.73. The van der Waals surface area contributed by atoms with Crippen LogP contribution in [0.3, 0.4) is 0 Å². The minimum Gasteiger partial charge on any atom is -0.309 e. The Labute approximate surface area is 124 Å². The van der Waals surface area contributed by atoms with Gasteiger partial charge in [0, 0.05) is 30.9 Å². The highest BCUT2D eigenvalue weighted by Crippen LogP contribution is 2.38. The van der Waals surface area contributed by atoms with Gasteiger partial charge in [0.05, 0.1) is 5.69 Å². The molecule has 0 aliphatic heterocycles. The summed E-state index contributed by atoms with van der Waals surface area (Å²) in [6, 6.07) is 0.655. The van der Waals surface area contributed by atoms with E-state index in [9.17, 15) is 0 Å². The maximum atomic E-state index is 4.52. The molecule has 114 valence electrons. The van der Waals surface area contributed by atoms with Crippen molar-refractivity contribution >= 4 is 0 Å². The maximum absolute atomic E-state index is 4.52. The van der Waals surface area contributed by atoms with Crippen molar-refractivity contribution in [1.29, 1.82) is 0 Å². The van der Waals surface area contributed by atoms with Crippen LogP contribution in [0, 0.1) is 25.2 Å². The Bertz CT molecular complexity index is 454. The van der Waals surface area contributed by atoms with Gasteiger partial charge in [0.15, 0.2) is 0 Å². The summed E-state index contributed by atoms with van der Waals surface area (Å²) in [5, 5.41) is 8.35. The summed E-state index contributed by atoms with van der Waals surface area (Å²) >= 11 is 0. The normalized spacial score (nSPS) is 24.1. The first kappa shape index (κ1) is 15.6. The van der Waals surface area contributed by atoms with Crippen LogP contribution in [-0.2, 0) is 13.6 Å². The zero-order valence-corrected chi connectivity index (χ0v) is 14.1. The van der Waals surface area contributed by atoms with Gasteiger partial charge >= 0.3 is 0 Å². The third kappa shape index (κ3) is 3.25. The van der Waals surface area contributed by atoms with Crippen LogP contribution >= 0.6 is 0 Å². The Kier molecular flexibility index (Phi) is 4.58. The first-order valence-electron chi connectivity index (χ1n) is 8.03. The highest BCUT2D eigenvalue weighted by molar-refractivity contribution is 5.24. The van der Waals surface area contributed by atoms with E-state index in [1.807, 2.05) is 11.7 Å². The van der Waals surface area contributed by atoms with Crippen LogP contribution in [-0.4, -0.2) is 15.8 Å². The van der Waals surface area contributed by atoms with Crippen LogP contribution in [0.2, 0.25) is 0 Å². The summed E-state index contributed by atoms with van der Waals surface area (Å²) in [6.07, 6.45) is 5.45. The molecule has 3 heteroatoms. The van der Waals surface area contributed by atoms with Crippen molar-refractivity contribution in [2.24, 2.45) is 18.4 Å². The van der Waals surface area contributed by atoms with Crippen LogP contribution in [0.1, 0.15) is 63.4 Å². The van der Waals surface area contributed by atoms with E-state index in [2.05, 4.69) is 45.0 Å². The maximum Gasteiger partial charge on any atom is 0.0641 e. The summed E-state index contributed by atoms with van der Waals surface area (Å²) in [5.74, 6) is 0.786. The number of rotatable bonds is 3. The van der Waals surface area contributed by atoms with E-state index in [0.717, 1.165) is 12.5 Å². The van der Waals surface area contributed by atoms with Gasteiger partial charge in [-0.05, 0) is 38.0 Å². The zero-order chi connectivity index (χ0) is 14.9. The lowest BCUT2D eigenvalue weighted by Gasteiger charge is -2.41. The van der Waals surface area contributed by atoms with E-state index < -0.39 is 0 Å². The fourth-order valence-electron chi connectivity index (χ4n) is 3.72. The minimum atomic E-state index is 0.400. The third-order valence-electron chi connectivity index (χ3n) is 5.08. The van der Waals surface area contributed by atoms with E-state index in [0.29, 0.717) is 11.5 Å². The summed E-state index contributed by atoms with van der Waals surface area (Å²) in [6.45, 7) is 12.4. The molecule has 1 aromatic heterocycles. The fraction of sp³-hybridized carbons (Fsp3) is 0.824. The Balaban J connectivity index is 2.05. The summed E-state index contributed by atoms with van der Waals surface area (Å²) in [7, 11) is 2.03. The van der Waals surface area contributed by atoms with Gasteiger partial charge < -0.3 is 5.32 Å². The highest BCUT2D eigenvalue weighted by Gasteiger charge is 2.33. The van der Waals surface area contributed by atoms with Crippen LogP contribution < -0.4 is 5.32 Å². The van der Waals surface area contributed by atoms with Gasteiger partial charge in [-0.3, -0.25) is 4.68 Å². The molecule has 0 radical (unpaired) electrons. The van der Waals surface area contributed by atoms with Crippen molar-refractivity contribution < 1.29 is 0 Å². The largest absolute Gasteiger partial charge is 0.309 e. The molecule has 1 aliphatic rings. The van der Waals surface area contributed by atoms with Crippen molar-refractivity contribution in [1.82, 2.24) is 15.1 Å². The number of nitrogens with one attached hydrogen (secondary N) is 1. The first-order valence-corrected chi connectivity index (χ1v) is 8.03. The number of hydrogen-bond acceptors (Lipinski definition) is 2. The molecule has 1 aliphatic carbocycles. The molecule has 1 saturated carbocycles. The lowest BCUT2D eigenvalue weighted by molar-refractivity contribution is 0.130. The number of nitrogens with zero attached hydrogens (tertiary/aromatic N) is 2. The molecule has 2 rings (SSSR count). The van der Waals surface area contributed by atoms with Gasteiger partial charge in [-0.1, -0.05) is 33.6 Å². The molecular formula is C17H31N3. The Morgan fingerprint density at radius 2 is 1.85 bits per heavy atom. The monoisotopic (exact) mass is 277 g/mol. The summed E-state index contributed by atoms with van der Waals surface area (Å²) in [5.41, 5.74) is 4.24. The molecule has 0 amide bonds. The van der Waals surface area contributed by atoms with Crippen molar-refractivity contribution in [3.05, 3.63) is 17.0 Å². The SMILES string of the molecule is Cc1nn(C)c(C)c1CNC1CCCCC1C(C)(C)C. The molecule has 2 atom stereocenters. The van der Waals surface area contributed by atoms with Crippen molar-refractivity contribution in [2.45, 2.75) is 72.9 Å². The molecule has 0 spiro atoms. The first-order chi connectivity index (χ1) is 9.30. The predicted molar refractivity (Wildman–Crippen MR) is 84.7 cm³/mol. The molecule has 1 heterocycles. The van der Waals surface area contributed by atoms with Crippen molar-refractivity contribution in [2.75, 3.05) is 0 Å². The van der Waals surface area contributed by atoms with E-state index >= 15 is 0 Å². The second kappa shape index (κ2) is 5.88. The lowest BCUT2D eigenvalue weighted by atomic mass is 9.69. The second-order valence-corrected chi connectivity index (χ2v) is 7.52. The molecule has 2 unspecified atom stereocenters. The molecule has 0 saturated heterocycles. The van der Waals surface area contributed by atoms with E-state index in [1.165, 1.54) is 42.6 Å². The molecular weight excluding hydrogens is 246 g/mol. The van der Waals surface area contributed by atoms with E-state index in [1.54, 1.807) is 0 Å². The second-order valence-electron chi connectivity index (χ2n) is 7.52. The van der Waals surface area contributed by atoms with Crippen LogP contribution in [0.4, 0.5) is 0 Å². The summed E-state index contributed by atoms with van der Waals surface area (Å²) in [4.78, 5) is 0. The number of aromatic nitrogens is 2. The highest BCUT2D eigenvalue weighted by atomic mass is 15.3. The van der Waals surface area contributed by atoms with Crippen LogP contribution in [0.15, 0.2) is 0 Å². The van der Waals surface area contributed by atoms with Gasteiger partial charge in [-0.25, -0.2) is 0 Å². The topological polar surface area (TPSA) is 29.9 Å². The quantitative estimate of drug-likeness (QED) is 0.912. The average Bonchev–Trinajstić information content (AvgIpc) is 2.60. The molecule has 0 bridgehead atoms. The minimum absolute atomic E-state index is 0.400. The smallest absolute Gasteiger partial charge is 0.0641 e. The Hall–Kier alpha value is -0.830. The molecule has 1 aromatic rings. The van der Waals surface area contributed by atoms with E-state index in [-0.39, 0.29) is 0 Å². The molecule has 0 aromatic carbocycles. The molecule has 3 nitrogen and oxygen atoms in total. The standard InChI is InChI=1S/C17H31N3/c1-12-14(13(2)20(6)19-12)11-18-16-10-8-7-9-15(16)17(3,4)5/h15-16,18H,7-11H2,1-6H3. The van der Waals surface area contributed by atoms with Crippen molar-refractivity contribution in [3.63, 3.8) is 0 Å². The summed E-state index contributed by atoms with van der Waals surface area (Å²) < 4.78 is 1.99. The fourth-order valence-corrected chi connectivity index (χ4v) is 3.72.